The van der Waals surface area contributed by atoms with E-state index in [0.29, 0.717) is 28.0 Å². The number of amides is 1. The summed E-state index contributed by atoms with van der Waals surface area (Å²) in [5.74, 6) is -1.38. The molecule has 0 fully saturated rings. The summed E-state index contributed by atoms with van der Waals surface area (Å²) in [6, 6.07) is 12.4. The highest BCUT2D eigenvalue weighted by Gasteiger charge is 2.21. The van der Waals surface area contributed by atoms with Crippen molar-refractivity contribution in [3.8, 4) is 28.4 Å². The van der Waals surface area contributed by atoms with Crippen molar-refractivity contribution >= 4 is 28.4 Å². The third kappa shape index (κ3) is 5.36. The lowest BCUT2D eigenvalue weighted by Crippen LogP contribution is -2.26. The number of aromatic nitrogens is 3. The van der Waals surface area contributed by atoms with E-state index < -0.39 is 23.0 Å². The van der Waals surface area contributed by atoms with Crippen LogP contribution in [0.3, 0.4) is 0 Å². The van der Waals surface area contributed by atoms with Crippen LogP contribution in [0.1, 0.15) is 35.9 Å². The average Bonchev–Trinajstić information content (AvgIpc) is 2.95. The van der Waals surface area contributed by atoms with Gasteiger partial charge in [0, 0.05) is 53.6 Å². The summed E-state index contributed by atoms with van der Waals surface area (Å²) in [7, 11) is 1.46. The number of hydrogen-bond acceptors (Lipinski definition) is 7. The van der Waals surface area contributed by atoms with Crippen LogP contribution < -0.4 is 26.0 Å². The maximum Gasteiger partial charge on any atom is 0.261 e. The van der Waals surface area contributed by atoms with Crippen LogP contribution in [0.15, 0.2) is 71.8 Å². The van der Waals surface area contributed by atoms with E-state index in [4.69, 9.17) is 15.2 Å². The molecule has 0 bridgehead atoms. The van der Waals surface area contributed by atoms with Crippen molar-refractivity contribution in [3.05, 3.63) is 100 Å². The Bertz CT molecular complexity index is 1890. The van der Waals surface area contributed by atoms with E-state index >= 15 is 4.39 Å². The number of hydrogen-bond donors (Lipinski definition) is 2. The molecule has 42 heavy (non-hydrogen) atoms. The van der Waals surface area contributed by atoms with Gasteiger partial charge < -0.3 is 25.1 Å². The zero-order valence-corrected chi connectivity index (χ0v) is 23.2. The van der Waals surface area contributed by atoms with Gasteiger partial charge in [-0.1, -0.05) is 12.1 Å². The quantitative estimate of drug-likeness (QED) is 0.236. The van der Waals surface area contributed by atoms with E-state index in [1.54, 1.807) is 17.6 Å². The second-order valence-electron chi connectivity index (χ2n) is 9.79. The molecule has 0 saturated carbocycles. The van der Waals surface area contributed by atoms with Crippen molar-refractivity contribution in [2.45, 2.75) is 26.8 Å². The van der Waals surface area contributed by atoms with Gasteiger partial charge in [0.2, 0.25) is 5.43 Å². The summed E-state index contributed by atoms with van der Waals surface area (Å²) in [4.78, 5) is 35.3. The van der Waals surface area contributed by atoms with Crippen molar-refractivity contribution < 1.29 is 23.0 Å². The molecule has 214 valence electrons. The Hall–Kier alpha value is -5.32. The largest absolute Gasteiger partial charge is 0.493 e. The summed E-state index contributed by atoms with van der Waals surface area (Å²) in [6.45, 7) is 5.59. The van der Waals surface area contributed by atoms with E-state index in [-0.39, 0.29) is 40.2 Å². The van der Waals surface area contributed by atoms with Crippen LogP contribution in [0.2, 0.25) is 0 Å². The highest BCUT2D eigenvalue weighted by molar-refractivity contribution is 6.04. The van der Waals surface area contributed by atoms with Crippen LogP contribution in [0.5, 0.6) is 17.2 Å². The minimum absolute atomic E-state index is 0.0829. The molecule has 0 radical (unpaired) electrons. The lowest BCUT2D eigenvalue weighted by molar-refractivity contribution is 0.102. The third-order valence-electron chi connectivity index (χ3n) is 6.72. The van der Waals surface area contributed by atoms with Crippen LogP contribution >= 0.6 is 0 Å². The number of fused-ring (bicyclic) bond motifs is 1. The molecule has 2 aromatic carbocycles. The lowest BCUT2D eigenvalue weighted by Gasteiger charge is -2.20. The first-order valence-electron chi connectivity index (χ1n) is 13.0. The summed E-state index contributed by atoms with van der Waals surface area (Å²) in [6.07, 6.45) is 2.95. The number of benzene rings is 2. The van der Waals surface area contributed by atoms with Gasteiger partial charge in [-0.25, -0.2) is 13.8 Å². The monoisotopic (exact) mass is 571 g/mol. The Morgan fingerprint density at radius 3 is 2.43 bits per heavy atom. The van der Waals surface area contributed by atoms with Gasteiger partial charge in [0.15, 0.2) is 28.9 Å². The number of anilines is 2. The zero-order valence-electron chi connectivity index (χ0n) is 23.2. The molecule has 1 amide bonds. The van der Waals surface area contributed by atoms with Crippen molar-refractivity contribution in [2.24, 2.45) is 0 Å². The number of nitrogens with zero attached hydrogens (tertiary/aromatic N) is 3. The predicted molar refractivity (Wildman–Crippen MR) is 156 cm³/mol. The standard InChI is InChI=1S/C31H27F2N5O4/c1-16(2)38-15-21(29(39)27(17(38)3)18-5-7-19(32)8-6-18)31(40)36-20-9-10-24(22(33)13-20)42-25-11-12-35-23-14-26(41-4)30(34)37-28(23)25/h5-16H,1-4H3,(H2,34,37)(H,36,40). The summed E-state index contributed by atoms with van der Waals surface area (Å²) in [5.41, 5.74) is 7.50. The second kappa shape index (κ2) is 11.3. The first-order chi connectivity index (χ1) is 20.1. The van der Waals surface area contributed by atoms with Crippen LogP contribution in [0.25, 0.3) is 22.2 Å². The number of pyridine rings is 3. The molecule has 0 aliphatic rings. The molecule has 0 aliphatic heterocycles. The average molecular weight is 572 g/mol. The van der Waals surface area contributed by atoms with Crippen LogP contribution in [-0.2, 0) is 0 Å². The predicted octanol–water partition coefficient (Wildman–Crippen LogP) is 6.26. The Balaban J connectivity index is 1.45. The fourth-order valence-electron chi connectivity index (χ4n) is 4.64. The Kier molecular flexibility index (Phi) is 7.58. The van der Waals surface area contributed by atoms with Crippen molar-refractivity contribution in [1.82, 2.24) is 14.5 Å². The van der Waals surface area contributed by atoms with Gasteiger partial charge in [-0.15, -0.1) is 0 Å². The van der Waals surface area contributed by atoms with E-state index in [1.165, 1.54) is 62.0 Å². The SMILES string of the molecule is COc1cc2nccc(Oc3ccc(NC(=O)c4cn(C(C)C)c(C)c(-c5ccc(F)cc5)c4=O)cc3F)c2nc1N. The molecule has 9 nitrogen and oxygen atoms in total. The molecular weight excluding hydrogens is 544 g/mol. The number of nitrogens with one attached hydrogen (secondary N) is 1. The lowest BCUT2D eigenvalue weighted by atomic mass is 10.00. The van der Waals surface area contributed by atoms with Gasteiger partial charge in [-0.05, 0) is 50.6 Å². The van der Waals surface area contributed by atoms with Gasteiger partial charge in [0.25, 0.3) is 5.91 Å². The second-order valence-corrected chi connectivity index (χ2v) is 9.79. The van der Waals surface area contributed by atoms with Gasteiger partial charge in [-0.2, -0.15) is 0 Å². The molecule has 5 rings (SSSR count). The van der Waals surface area contributed by atoms with Crippen molar-refractivity contribution in [2.75, 3.05) is 18.2 Å². The number of carbonyl (C=O) groups excluding carboxylic acids is 1. The van der Waals surface area contributed by atoms with Crippen LogP contribution in [-0.4, -0.2) is 27.6 Å². The number of nitrogen functional groups attached to an aromatic ring is 1. The van der Waals surface area contributed by atoms with Crippen molar-refractivity contribution in [1.29, 1.82) is 0 Å². The van der Waals surface area contributed by atoms with Gasteiger partial charge in [0.05, 0.1) is 12.6 Å². The van der Waals surface area contributed by atoms with Gasteiger partial charge in [-0.3, -0.25) is 14.6 Å². The third-order valence-corrected chi connectivity index (χ3v) is 6.72. The smallest absolute Gasteiger partial charge is 0.261 e. The molecule has 11 heteroatoms. The minimum Gasteiger partial charge on any atom is -0.493 e. The fraction of sp³-hybridized carbons (Fsp3) is 0.161. The van der Waals surface area contributed by atoms with Crippen LogP contribution in [0, 0.1) is 18.6 Å². The maximum absolute atomic E-state index is 15.2. The number of carbonyl (C=O) groups is 1. The molecule has 0 aliphatic carbocycles. The van der Waals surface area contributed by atoms with E-state index in [1.807, 2.05) is 13.8 Å². The molecular formula is C31H27F2N5O4. The van der Waals surface area contributed by atoms with Crippen LogP contribution in [0.4, 0.5) is 20.3 Å². The van der Waals surface area contributed by atoms with E-state index in [9.17, 15) is 14.0 Å². The van der Waals surface area contributed by atoms with Gasteiger partial charge in [0.1, 0.15) is 16.9 Å². The topological polar surface area (TPSA) is 121 Å². The Morgan fingerprint density at radius 1 is 1.02 bits per heavy atom. The van der Waals surface area contributed by atoms with Gasteiger partial charge >= 0.3 is 0 Å². The number of rotatable bonds is 7. The zero-order chi connectivity index (χ0) is 30.1. The number of nitrogens with two attached hydrogens (primary N) is 1. The Morgan fingerprint density at radius 2 is 1.76 bits per heavy atom. The highest BCUT2D eigenvalue weighted by atomic mass is 19.1. The fourth-order valence-corrected chi connectivity index (χ4v) is 4.64. The highest BCUT2D eigenvalue weighted by Crippen LogP contribution is 2.33. The van der Waals surface area contributed by atoms with Crippen molar-refractivity contribution in [3.63, 3.8) is 0 Å². The molecule has 0 spiro atoms. The molecule has 3 heterocycles. The normalized spacial score (nSPS) is 11.1. The summed E-state index contributed by atoms with van der Waals surface area (Å²) >= 11 is 0. The molecule has 5 aromatic rings. The molecule has 0 saturated heterocycles. The molecule has 0 unspecified atom stereocenters. The number of ether oxygens (including phenoxy) is 2. The first-order valence-corrected chi connectivity index (χ1v) is 13.0. The van der Waals surface area contributed by atoms with E-state index in [0.717, 1.165) is 6.07 Å². The number of methoxy groups -OCH3 is 1. The minimum atomic E-state index is -0.769. The molecule has 3 N–H and O–H groups in total. The summed E-state index contributed by atoms with van der Waals surface area (Å²) in [5, 5.41) is 2.59. The maximum atomic E-state index is 15.2. The van der Waals surface area contributed by atoms with E-state index in [2.05, 4.69) is 15.3 Å². The molecule has 0 atom stereocenters. The first kappa shape index (κ1) is 28.2. The number of halogens is 2. The summed E-state index contributed by atoms with van der Waals surface area (Å²) < 4.78 is 41.5. The Labute approximate surface area is 239 Å². The molecule has 3 aromatic heterocycles.